The Bertz CT molecular complexity index is 1960. The van der Waals surface area contributed by atoms with Crippen LogP contribution < -0.4 is 0 Å². The van der Waals surface area contributed by atoms with Crippen LogP contribution in [0.25, 0.3) is 0 Å². The van der Waals surface area contributed by atoms with Crippen molar-refractivity contribution in [1.82, 2.24) is 0 Å². The number of carbonyl (C=O) groups excluding carboxylic acids is 4. The standard InChI is InChI=1S/C84H164O17P2/c1-6-9-12-15-18-20-22-24-25-26-27-28-29-30-35-38-42-46-50-55-60-65-70-84(89)101-80(74-95-82(87)68-63-58-53-48-44-41-37-34-32-31-33-36-40-43-47-52-56-61-66-77(4)5)76-99-103(92,93)97-72-78(85)71-96-102(90,91)98-75-79(73-94-81(86)67-62-57-51-17-14-11-8-3)100-83(88)69-64-59-54-49-45-39-23-21-19-16-13-10-7-2/h77-80,85H,6-76H2,1-5H3,(H,90,91)(H,92,93)/t78-,79+,80+/m0/s1. The van der Waals surface area contributed by atoms with Gasteiger partial charge in [-0.1, -0.05) is 401 Å². The predicted molar refractivity (Wildman–Crippen MR) is 423 cm³/mol. The first-order valence-electron chi connectivity index (χ1n) is 43.6. The van der Waals surface area contributed by atoms with Crippen LogP contribution in [0.3, 0.4) is 0 Å². The summed E-state index contributed by atoms with van der Waals surface area (Å²) in [5.41, 5.74) is 0. The molecule has 0 aliphatic rings. The van der Waals surface area contributed by atoms with Crippen molar-refractivity contribution in [3.8, 4) is 0 Å². The maximum absolute atomic E-state index is 13.1. The molecule has 0 spiro atoms. The molecule has 0 radical (unpaired) electrons. The molecule has 0 aromatic rings. The Labute approximate surface area is 632 Å². The third-order valence-corrected chi connectivity index (χ3v) is 21.7. The lowest BCUT2D eigenvalue weighted by molar-refractivity contribution is -0.161. The van der Waals surface area contributed by atoms with Gasteiger partial charge in [0.1, 0.15) is 19.3 Å². The summed E-state index contributed by atoms with van der Waals surface area (Å²) in [5.74, 6) is -1.29. The molecule has 0 aromatic carbocycles. The zero-order valence-corrected chi connectivity index (χ0v) is 69.3. The first-order chi connectivity index (χ1) is 50.0. The molecular weight excluding hydrogens is 1340 g/mol. The first-order valence-corrected chi connectivity index (χ1v) is 46.6. The number of hydrogen-bond acceptors (Lipinski definition) is 15. The number of phosphoric acid groups is 2. The fourth-order valence-corrected chi connectivity index (χ4v) is 14.7. The molecule has 0 fully saturated rings. The quantitative estimate of drug-likeness (QED) is 0.0222. The molecule has 0 saturated carbocycles. The Kier molecular flexibility index (Phi) is 75.4. The zero-order valence-electron chi connectivity index (χ0n) is 67.5. The lowest BCUT2D eigenvalue weighted by atomic mass is 10.0. The van der Waals surface area contributed by atoms with Crippen LogP contribution in [0.1, 0.15) is 452 Å². The molecule has 0 aliphatic carbocycles. The van der Waals surface area contributed by atoms with Crippen molar-refractivity contribution in [2.75, 3.05) is 39.6 Å². The number of rotatable bonds is 84. The Hall–Kier alpha value is -1.94. The number of hydrogen-bond donors (Lipinski definition) is 3. The average molecular weight is 1510 g/mol. The van der Waals surface area contributed by atoms with E-state index in [4.69, 9.17) is 37.0 Å². The van der Waals surface area contributed by atoms with Crippen molar-refractivity contribution in [2.24, 2.45) is 5.92 Å². The number of phosphoric ester groups is 2. The highest BCUT2D eigenvalue weighted by atomic mass is 31.2. The summed E-state index contributed by atoms with van der Waals surface area (Å²) in [6.07, 6.45) is 69.8. The first kappa shape index (κ1) is 101. The molecule has 0 rings (SSSR count). The SMILES string of the molecule is CCCCCCCCCCCCCCCCCCCCCCCCC(=O)O[C@H](COC(=O)CCCCCCCCCCCCCCCCCCCCC(C)C)COP(=O)(O)OC[C@@H](O)COP(=O)(O)OC[C@@H](COC(=O)CCCCCCCCC)OC(=O)CCCCCCCCCCCCCCC. The molecule has 0 heterocycles. The molecule has 5 atom stereocenters. The Morgan fingerprint density at radius 3 is 0.660 bits per heavy atom. The summed E-state index contributed by atoms with van der Waals surface area (Å²) in [5, 5.41) is 10.6. The summed E-state index contributed by atoms with van der Waals surface area (Å²) in [6, 6.07) is 0. The molecule has 0 saturated heterocycles. The second kappa shape index (κ2) is 76.8. The molecule has 103 heavy (non-hydrogen) atoms. The largest absolute Gasteiger partial charge is 0.472 e. The summed E-state index contributed by atoms with van der Waals surface area (Å²) >= 11 is 0. The summed E-state index contributed by atoms with van der Waals surface area (Å²) in [7, 11) is -9.91. The van der Waals surface area contributed by atoms with Gasteiger partial charge in [0, 0.05) is 25.7 Å². The van der Waals surface area contributed by atoms with Gasteiger partial charge in [0.05, 0.1) is 26.4 Å². The lowest BCUT2D eigenvalue weighted by Gasteiger charge is -2.21. The van der Waals surface area contributed by atoms with E-state index in [1.54, 1.807) is 0 Å². The van der Waals surface area contributed by atoms with Gasteiger partial charge in [-0.15, -0.1) is 0 Å². The highest BCUT2D eigenvalue weighted by Crippen LogP contribution is 2.45. The van der Waals surface area contributed by atoms with E-state index in [1.165, 1.54) is 263 Å². The Morgan fingerprint density at radius 2 is 0.447 bits per heavy atom. The molecule has 19 heteroatoms. The number of esters is 4. The van der Waals surface area contributed by atoms with Gasteiger partial charge in [-0.3, -0.25) is 37.3 Å². The number of carbonyl (C=O) groups is 4. The van der Waals surface area contributed by atoms with E-state index in [1.807, 2.05) is 0 Å². The van der Waals surface area contributed by atoms with Crippen LogP contribution in [-0.2, 0) is 65.4 Å². The van der Waals surface area contributed by atoms with E-state index < -0.39 is 97.5 Å². The zero-order chi connectivity index (χ0) is 75.5. The van der Waals surface area contributed by atoms with Crippen molar-refractivity contribution in [3.05, 3.63) is 0 Å². The minimum Gasteiger partial charge on any atom is -0.462 e. The Balaban J connectivity index is 5.14. The normalized spacial score (nSPS) is 13.8. The topological polar surface area (TPSA) is 237 Å². The smallest absolute Gasteiger partial charge is 0.462 e. The third-order valence-electron chi connectivity index (χ3n) is 19.8. The van der Waals surface area contributed by atoms with E-state index in [9.17, 15) is 43.2 Å². The monoisotopic (exact) mass is 1510 g/mol. The van der Waals surface area contributed by atoms with Crippen LogP contribution >= 0.6 is 15.6 Å². The summed E-state index contributed by atoms with van der Waals surface area (Å²) in [4.78, 5) is 72.9. The fraction of sp³-hybridized carbons (Fsp3) is 0.952. The number of unbranched alkanes of at least 4 members (excludes halogenated alkanes) is 56. The molecule has 2 unspecified atom stereocenters. The summed E-state index contributed by atoms with van der Waals surface area (Å²) < 4.78 is 68.7. The fourth-order valence-electron chi connectivity index (χ4n) is 13.1. The molecule has 0 aromatic heterocycles. The van der Waals surface area contributed by atoms with Gasteiger partial charge >= 0.3 is 39.5 Å². The van der Waals surface area contributed by atoms with Crippen molar-refractivity contribution in [2.45, 2.75) is 470 Å². The molecular formula is C84H164O17P2. The van der Waals surface area contributed by atoms with Crippen LogP contribution in [0, 0.1) is 5.92 Å². The van der Waals surface area contributed by atoms with Crippen LogP contribution in [0.2, 0.25) is 0 Å². The molecule has 0 amide bonds. The third kappa shape index (κ3) is 78.0. The van der Waals surface area contributed by atoms with E-state index in [0.29, 0.717) is 25.7 Å². The average Bonchev–Trinajstić information content (AvgIpc) is 0.920. The number of ether oxygens (including phenoxy) is 4. The van der Waals surface area contributed by atoms with Crippen LogP contribution in [0.5, 0.6) is 0 Å². The van der Waals surface area contributed by atoms with Crippen molar-refractivity contribution < 1.29 is 80.2 Å². The van der Waals surface area contributed by atoms with Gasteiger partial charge in [0.15, 0.2) is 12.2 Å². The highest BCUT2D eigenvalue weighted by Gasteiger charge is 2.30. The maximum atomic E-state index is 13.1. The van der Waals surface area contributed by atoms with Gasteiger partial charge in [-0.25, -0.2) is 9.13 Å². The molecule has 0 bridgehead atoms. The van der Waals surface area contributed by atoms with E-state index in [0.717, 1.165) is 109 Å². The van der Waals surface area contributed by atoms with Crippen LogP contribution in [0.15, 0.2) is 0 Å². The summed E-state index contributed by atoms with van der Waals surface area (Å²) in [6.45, 7) is 7.34. The van der Waals surface area contributed by atoms with Gasteiger partial charge in [-0.05, 0) is 31.6 Å². The van der Waals surface area contributed by atoms with Crippen LogP contribution in [0.4, 0.5) is 0 Å². The van der Waals surface area contributed by atoms with Gasteiger partial charge < -0.3 is 33.8 Å². The minimum atomic E-state index is -4.96. The minimum absolute atomic E-state index is 0.108. The maximum Gasteiger partial charge on any atom is 0.472 e. The van der Waals surface area contributed by atoms with Crippen molar-refractivity contribution >= 4 is 39.5 Å². The van der Waals surface area contributed by atoms with Crippen molar-refractivity contribution in [1.29, 1.82) is 0 Å². The van der Waals surface area contributed by atoms with Gasteiger partial charge in [0.25, 0.3) is 0 Å². The molecule has 3 N–H and O–H groups in total. The number of aliphatic hydroxyl groups is 1. The highest BCUT2D eigenvalue weighted by molar-refractivity contribution is 7.47. The molecule has 612 valence electrons. The predicted octanol–water partition coefficient (Wildman–Crippen LogP) is 25.6. The van der Waals surface area contributed by atoms with E-state index in [-0.39, 0.29) is 25.7 Å². The van der Waals surface area contributed by atoms with E-state index in [2.05, 4.69) is 34.6 Å². The second-order valence-electron chi connectivity index (χ2n) is 30.7. The van der Waals surface area contributed by atoms with Gasteiger partial charge in [-0.2, -0.15) is 0 Å². The lowest BCUT2D eigenvalue weighted by Crippen LogP contribution is -2.30. The van der Waals surface area contributed by atoms with E-state index >= 15 is 0 Å². The Morgan fingerprint density at radius 1 is 0.262 bits per heavy atom. The number of aliphatic hydroxyl groups excluding tert-OH is 1. The molecule has 17 nitrogen and oxygen atoms in total. The van der Waals surface area contributed by atoms with Gasteiger partial charge in [0.2, 0.25) is 0 Å². The van der Waals surface area contributed by atoms with Crippen molar-refractivity contribution in [3.63, 3.8) is 0 Å². The molecule has 0 aliphatic heterocycles. The second-order valence-corrected chi connectivity index (χ2v) is 33.6. The van der Waals surface area contributed by atoms with Crippen LogP contribution in [-0.4, -0.2) is 96.7 Å².